The Hall–Kier alpha value is -3.19. The van der Waals surface area contributed by atoms with Crippen LogP contribution in [0.2, 0.25) is 5.02 Å². The summed E-state index contributed by atoms with van der Waals surface area (Å²) in [4.78, 5) is 8.87. The molecule has 4 rings (SSSR count). The summed E-state index contributed by atoms with van der Waals surface area (Å²) in [6, 6.07) is 13.2. The predicted octanol–water partition coefficient (Wildman–Crippen LogP) is 4.53. The van der Waals surface area contributed by atoms with Gasteiger partial charge in [0.15, 0.2) is 11.5 Å². The Bertz CT molecular complexity index is 1010. The maximum absolute atomic E-state index is 6.19. The number of benzene rings is 2. The second-order valence-corrected chi connectivity index (χ2v) is 6.61. The van der Waals surface area contributed by atoms with Crippen LogP contribution in [0.3, 0.4) is 0 Å². The molecular formula is C20H19ClN4O3. The maximum Gasteiger partial charge on any atom is 0.231 e. The number of hydrogen-bond acceptors (Lipinski definition) is 7. The van der Waals surface area contributed by atoms with Crippen LogP contribution < -0.4 is 24.8 Å². The third-order valence-corrected chi connectivity index (χ3v) is 4.47. The molecule has 0 unspecified atom stereocenters. The van der Waals surface area contributed by atoms with Crippen molar-refractivity contribution in [2.75, 3.05) is 24.5 Å². The summed E-state index contributed by atoms with van der Waals surface area (Å²) in [7, 11) is 1.58. The summed E-state index contributed by atoms with van der Waals surface area (Å²) in [6.45, 7) is 2.71. The van der Waals surface area contributed by atoms with Crippen LogP contribution in [0.4, 0.5) is 17.3 Å². The Balaban J connectivity index is 1.47. The molecular weight excluding hydrogens is 380 g/mol. The van der Waals surface area contributed by atoms with Crippen molar-refractivity contribution in [3.05, 3.63) is 58.9 Å². The van der Waals surface area contributed by atoms with Crippen LogP contribution in [0, 0.1) is 6.92 Å². The molecule has 8 heteroatoms. The summed E-state index contributed by atoms with van der Waals surface area (Å²) in [5.41, 5.74) is 1.88. The van der Waals surface area contributed by atoms with Crippen molar-refractivity contribution in [1.82, 2.24) is 9.97 Å². The second kappa shape index (κ2) is 7.82. The van der Waals surface area contributed by atoms with Crippen LogP contribution in [0.1, 0.15) is 11.4 Å². The van der Waals surface area contributed by atoms with Gasteiger partial charge in [0.25, 0.3) is 0 Å². The third kappa shape index (κ3) is 4.04. The average Bonchev–Trinajstić information content (AvgIpc) is 3.14. The highest BCUT2D eigenvalue weighted by molar-refractivity contribution is 6.32. The minimum atomic E-state index is 0.266. The first kappa shape index (κ1) is 18.2. The van der Waals surface area contributed by atoms with E-state index >= 15 is 0 Å². The first-order valence-corrected chi connectivity index (χ1v) is 9.07. The van der Waals surface area contributed by atoms with E-state index in [1.165, 1.54) is 0 Å². The highest BCUT2D eigenvalue weighted by Gasteiger charge is 2.13. The van der Waals surface area contributed by atoms with Gasteiger partial charge in [-0.05, 0) is 42.8 Å². The van der Waals surface area contributed by atoms with Gasteiger partial charge < -0.3 is 24.8 Å². The number of hydrogen-bond donors (Lipinski definition) is 2. The van der Waals surface area contributed by atoms with Gasteiger partial charge in [-0.2, -0.15) is 0 Å². The van der Waals surface area contributed by atoms with Crippen LogP contribution in [0.25, 0.3) is 0 Å². The Labute approximate surface area is 167 Å². The van der Waals surface area contributed by atoms with Gasteiger partial charge in [0, 0.05) is 18.3 Å². The van der Waals surface area contributed by atoms with Gasteiger partial charge in [0.05, 0.1) is 12.1 Å². The van der Waals surface area contributed by atoms with E-state index in [0.717, 1.165) is 22.7 Å². The SMILES string of the molecule is COc1ccc(Nc2cc(NCc3ccc4c(c3)OCO4)nc(C)n2)cc1Cl. The standard InChI is InChI=1S/C20H19ClN4O3/c1-12-23-19(22-10-13-3-5-17-18(7-13)28-11-27-17)9-20(24-12)25-14-4-6-16(26-2)15(21)8-14/h3-9H,10-11H2,1-2H3,(H2,22,23,24,25). The molecule has 0 fully saturated rings. The largest absolute Gasteiger partial charge is 0.495 e. The number of ether oxygens (including phenoxy) is 3. The number of nitrogens with zero attached hydrogens (tertiary/aromatic N) is 2. The van der Waals surface area contributed by atoms with Crippen molar-refractivity contribution < 1.29 is 14.2 Å². The van der Waals surface area contributed by atoms with Gasteiger partial charge in [-0.1, -0.05) is 17.7 Å². The van der Waals surface area contributed by atoms with Crippen molar-refractivity contribution in [2.45, 2.75) is 13.5 Å². The quantitative estimate of drug-likeness (QED) is 0.631. The second-order valence-electron chi connectivity index (χ2n) is 6.20. The lowest BCUT2D eigenvalue weighted by molar-refractivity contribution is 0.174. The molecule has 3 aromatic rings. The van der Waals surface area contributed by atoms with E-state index in [0.29, 0.717) is 34.8 Å². The molecule has 0 spiro atoms. The Morgan fingerprint density at radius 3 is 2.68 bits per heavy atom. The fraction of sp³-hybridized carbons (Fsp3) is 0.200. The average molecular weight is 399 g/mol. The van der Waals surface area contributed by atoms with Crippen molar-refractivity contribution in [2.24, 2.45) is 0 Å². The molecule has 2 N–H and O–H groups in total. The van der Waals surface area contributed by atoms with Crippen molar-refractivity contribution in [3.8, 4) is 17.2 Å². The first-order chi connectivity index (χ1) is 13.6. The first-order valence-electron chi connectivity index (χ1n) is 8.69. The molecule has 1 aliphatic heterocycles. The van der Waals surface area contributed by atoms with Crippen LogP contribution in [-0.2, 0) is 6.54 Å². The Morgan fingerprint density at radius 1 is 1.04 bits per heavy atom. The number of fused-ring (bicyclic) bond motifs is 1. The molecule has 0 bridgehead atoms. The van der Waals surface area contributed by atoms with E-state index in [4.69, 9.17) is 25.8 Å². The van der Waals surface area contributed by atoms with Gasteiger partial charge >= 0.3 is 0 Å². The van der Waals surface area contributed by atoms with Gasteiger partial charge in [-0.15, -0.1) is 0 Å². The zero-order valence-corrected chi connectivity index (χ0v) is 16.2. The lowest BCUT2D eigenvalue weighted by Crippen LogP contribution is -2.05. The monoisotopic (exact) mass is 398 g/mol. The molecule has 0 saturated heterocycles. The smallest absolute Gasteiger partial charge is 0.231 e. The van der Waals surface area contributed by atoms with E-state index in [9.17, 15) is 0 Å². The van der Waals surface area contributed by atoms with Crippen molar-refractivity contribution in [3.63, 3.8) is 0 Å². The molecule has 7 nitrogen and oxygen atoms in total. The Kier molecular flexibility index (Phi) is 5.08. The molecule has 0 atom stereocenters. The van der Waals surface area contributed by atoms with Gasteiger partial charge in [-0.3, -0.25) is 0 Å². The molecule has 144 valence electrons. The number of anilines is 3. The zero-order chi connectivity index (χ0) is 19.5. The number of aryl methyl sites for hydroxylation is 1. The van der Waals surface area contributed by atoms with Gasteiger partial charge in [0.2, 0.25) is 6.79 Å². The molecule has 2 aromatic carbocycles. The third-order valence-electron chi connectivity index (χ3n) is 4.17. The minimum absolute atomic E-state index is 0.266. The molecule has 0 radical (unpaired) electrons. The topological polar surface area (TPSA) is 77.5 Å². The number of halogens is 1. The van der Waals surface area contributed by atoms with Crippen molar-refractivity contribution in [1.29, 1.82) is 0 Å². The summed E-state index contributed by atoms with van der Waals surface area (Å²) in [5, 5.41) is 7.08. The number of methoxy groups -OCH3 is 1. The molecule has 0 aliphatic carbocycles. The van der Waals surface area contributed by atoms with E-state index in [2.05, 4.69) is 20.6 Å². The van der Waals surface area contributed by atoms with E-state index in [1.54, 1.807) is 19.2 Å². The van der Waals surface area contributed by atoms with Crippen molar-refractivity contribution >= 4 is 28.9 Å². The number of rotatable bonds is 6. The fourth-order valence-electron chi connectivity index (χ4n) is 2.86. The highest BCUT2D eigenvalue weighted by atomic mass is 35.5. The van der Waals surface area contributed by atoms with Gasteiger partial charge in [-0.25, -0.2) is 9.97 Å². The van der Waals surface area contributed by atoms with E-state index in [-0.39, 0.29) is 6.79 Å². The lowest BCUT2D eigenvalue weighted by atomic mass is 10.2. The number of aromatic nitrogens is 2. The zero-order valence-electron chi connectivity index (χ0n) is 15.5. The summed E-state index contributed by atoms with van der Waals surface area (Å²) < 4.78 is 15.9. The molecule has 0 saturated carbocycles. The minimum Gasteiger partial charge on any atom is -0.495 e. The van der Waals surface area contributed by atoms with Crippen LogP contribution in [-0.4, -0.2) is 23.9 Å². The van der Waals surface area contributed by atoms with E-state index in [1.807, 2.05) is 37.3 Å². The number of nitrogens with one attached hydrogen (secondary N) is 2. The van der Waals surface area contributed by atoms with Gasteiger partial charge in [0.1, 0.15) is 23.2 Å². The molecule has 2 heterocycles. The predicted molar refractivity (Wildman–Crippen MR) is 108 cm³/mol. The molecule has 0 amide bonds. The van der Waals surface area contributed by atoms with Crippen LogP contribution in [0.5, 0.6) is 17.2 Å². The lowest BCUT2D eigenvalue weighted by Gasteiger charge is -2.11. The van der Waals surface area contributed by atoms with E-state index < -0.39 is 0 Å². The maximum atomic E-state index is 6.19. The molecule has 1 aromatic heterocycles. The normalized spacial score (nSPS) is 12.0. The molecule has 1 aliphatic rings. The van der Waals surface area contributed by atoms with Crippen LogP contribution in [0.15, 0.2) is 42.5 Å². The highest BCUT2D eigenvalue weighted by Crippen LogP contribution is 2.33. The summed E-state index contributed by atoms with van der Waals surface area (Å²) >= 11 is 6.19. The summed E-state index contributed by atoms with van der Waals surface area (Å²) in [6.07, 6.45) is 0. The molecule has 28 heavy (non-hydrogen) atoms. The van der Waals surface area contributed by atoms with Crippen LogP contribution >= 0.6 is 11.6 Å². The fourth-order valence-corrected chi connectivity index (χ4v) is 3.12. The summed E-state index contributed by atoms with van der Waals surface area (Å²) in [5.74, 6) is 4.19. The Morgan fingerprint density at radius 2 is 1.86 bits per heavy atom.